The molecule has 1 heterocycles. The summed E-state index contributed by atoms with van der Waals surface area (Å²) < 4.78 is 7.87. The monoisotopic (exact) mass is 330 g/mol. The van der Waals surface area contributed by atoms with Crippen molar-refractivity contribution in [2.75, 3.05) is 7.11 Å². The maximum absolute atomic E-state index is 5.13. The molecule has 0 aliphatic carbocycles. The zero-order chi connectivity index (χ0) is 10.8. The van der Waals surface area contributed by atoms with Crippen molar-refractivity contribution >= 4 is 32.1 Å². The molecule has 1 aromatic carbocycles. The summed E-state index contributed by atoms with van der Waals surface area (Å²) in [7, 11) is 1.65. The summed E-state index contributed by atoms with van der Waals surface area (Å²) in [5, 5.41) is 0. The van der Waals surface area contributed by atoms with E-state index >= 15 is 0 Å². The van der Waals surface area contributed by atoms with Gasteiger partial charge in [-0.15, -0.1) is 0 Å². The van der Waals surface area contributed by atoms with Crippen molar-refractivity contribution in [2.45, 2.75) is 0 Å². The molecule has 2 aromatic rings. The molecule has 0 N–H and O–H groups in total. The third-order valence-electron chi connectivity index (χ3n) is 2.01. The van der Waals surface area contributed by atoms with E-state index in [2.05, 4.69) is 37.1 Å². The van der Waals surface area contributed by atoms with E-state index in [1.54, 1.807) is 16.9 Å². The first-order valence-corrected chi connectivity index (χ1v) is 5.76. The Morgan fingerprint density at radius 3 is 2.73 bits per heavy atom. The van der Waals surface area contributed by atoms with Gasteiger partial charge in [0.15, 0.2) is 5.82 Å². The van der Waals surface area contributed by atoms with E-state index < -0.39 is 0 Å². The summed E-state index contributed by atoms with van der Waals surface area (Å²) in [5.41, 5.74) is 1.01. The number of hydrogen-bond donors (Lipinski definition) is 0. The number of aromatic nitrogens is 2. The molecule has 78 valence electrons. The Labute approximate surface area is 105 Å². The molecule has 0 unspecified atom stereocenters. The van der Waals surface area contributed by atoms with E-state index in [-0.39, 0.29) is 0 Å². The van der Waals surface area contributed by atoms with Crippen LogP contribution in [0.3, 0.4) is 0 Å². The van der Waals surface area contributed by atoms with Crippen LogP contribution in [0.2, 0.25) is 0 Å². The van der Waals surface area contributed by atoms with Crippen LogP contribution in [-0.2, 0) is 0 Å². The molecule has 3 nitrogen and oxygen atoms in total. The van der Waals surface area contributed by atoms with Crippen LogP contribution in [0.1, 0.15) is 0 Å². The quantitative estimate of drug-likeness (QED) is 0.842. The van der Waals surface area contributed by atoms with Crippen LogP contribution in [0.15, 0.2) is 35.1 Å². The zero-order valence-corrected chi connectivity index (χ0v) is 11.1. The topological polar surface area (TPSA) is 27.1 Å². The lowest BCUT2D eigenvalue weighted by molar-refractivity contribution is 0.414. The Bertz CT molecular complexity index is 482. The summed E-state index contributed by atoms with van der Waals surface area (Å²) in [5.74, 6) is 1.67. The summed E-state index contributed by atoms with van der Waals surface area (Å²) >= 11 is 6.86. The molecule has 0 saturated carbocycles. The highest BCUT2D eigenvalue weighted by Gasteiger charge is 2.08. The second kappa shape index (κ2) is 4.37. The van der Waals surface area contributed by atoms with E-state index in [0.717, 1.165) is 21.6 Å². The van der Waals surface area contributed by atoms with Gasteiger partial charge in [0.2, 0.25) is 0 Å². The Morgan fingerprint density at radius 2 is 2.20 bits per heavy atom. The largest absolute Gasteiger partial charge is 0.497 e. The molecule has 2 rings (SSSR count). The van der Waals surface area contributed by atoms with Crippen LogP contribution in [0.25, 0.3) is 11.4 Å². The first-order chi connectivity index (χ1) is 7.22. The van der Waals surface area contributed by atoms with Gasteiger partial charge in [0.25, 0.3) is 0 Å². The first-order valence-electron chi connectivity index (χ1n) is 4.26. The average molecular weight is 332 g/mol. The molecule has 0 saturated heterocycles. The summed E-state index contributed by atoms with van der Waals surface area (Å²) in [6.07, 6.45) is 3.58. The molecule has 0 atom stereocenters. The lowest BCUT2D eigenvalue weighted by atomic mass is 10.2. The normalized spacial score (nSPS) is 10.3. The number of imidazole rings is 1. The van der Waals surface area contributed by atoms with Crippen molar-refractivity contribution in [1.82, 2.24) is 8.58 Å². The fourth-order valence-electron chi connectivity index (χ4n) is 1.28. The molecule has 5 heteroatoms. The van der Waals surface area contributed by atoms with Gasteiger partial charge in [0.1, 0.15) is 5.75 Å². The van der Waals surface area contributed by atoms with Crippen LogP contribution in [-0.4, -0.2) is 15.7 Å². The Kier molecular flexibility index (Phi) is 3.11. The van der Waals surface area contributed by atoms with E-state index in [0.29, 0.717) is 0 Å². The fraction of sp³-hybridized carbons (Fsp3) is 0.100. The van der Waals surface area contributed by atoms with Gasteiger partial charge in [-0.2, -0.15) is 0 Å². The van der Waals surface area contributed by atoms with Gasteiger partial charge >= 0.3 is 0 Å². The third-order valence-corrected chi connectivity index (χ3v) is 3.24. The number of nitrogens with zero attached hydrogens (tertiary/aromatic N) is 2. The molecule has 1 aromatic heterocycles. The zero-order valence-electron chi connectivity index (χ0n) is 7.95. The van der Waals surface area contributed by atoms with Crippen LogP contribution in [0.5, 0.6) is 5.75 Å². The second-order valence-corrected chi connectivity index (χ2v) is 4.53. The highest BCUT2D eigenvalue weighted by atomic mass is 79.9. The number of rotatable bonds is 2. The predicted octanol–water partition coefficient (Wildman–Crippen LogP) is 3.48. The highest BCUT2D eigenvalue weighted by molar-refractivity contribution is 9.10. The van der Waals surface area contributed by atoms with Crippen molar-refractivity contribution in [3.8, 4) is 17.1 Å². The Hall–Kier alpha value is -0.810. The van der Waals surface area contributed by atoms with Crippen LogP contribution in [0, 0.1) is 0 Å². The first kappa shape index (κ1) is 10.7. The van der Waals surface area contributed by atoms with Gasteiger partial charge in [-0.3, -0.25) is 3.59 Å². The van der Waals surface area contributed by atoms with Gasteiger partial charge in [0.05, 0.1) is 23.3 Å². The van der Waals surface area contributed by atoms with Gasteiger partial charge < -0.3 is 4.74 Å². The lowest BCUT2D eigenvalue weighted by Gasteiger charge is -2.05. The average Bonchev–Trinajstić information content (AvgIpc) is 2.64. The van der Waals surface area contributed by atoms with Crippen molar-refractivity contribution in [2.24, 2.45) is 0 Å². The molecule has 0 aliphatic rings. The second-order valence-electron chi connectivity index (χ2n) is 2.91. The van der Waals surface area contributed by atoms with Gasteiger partial charge in [-0.25, -0.2) is 4.98 Å². The number of methoxy groups -OCH3 is 1. The molecular formula is C10H8Br2N2O. The van der Waals surface area contributed by atoms with Crippen molar-refractivity contribution < 1.29 is 4.74 Å². The molecule has 0 radical (unpaired) electrons. The third kappa shape index (κ3) is 2.08. The predicted molar refractivity (Wildman–Crippen MR) is 66.2 cm³/mol. The standard InChI is InChI=1S/C10H8Br2N2O/c1-15-7-2-3-8(9(11)6-7)10-13-4-5-14(10)12/h2-6H,1H3. The molecule has 0 fully saturated rings. The fourth-order valence-corrected chi connectivity index (χ4v) is 2.20. The molecule has 0 bridgehead atoms. The summed E-state index contributed by atoms with van der Waals surface area (Å²) in [6, 6.07) is 5.78. The Morgan fingerprint density at radius 1 is 1.40 bits per heavy atom. The number of halogens is 2. The molecule has 0 aliphatic heterocycles. The highest BCUT2D eigenvalue weighted by Crippen LogP contribution is 2.30. The van der Waals surface area contributed by atoms with E-state index in [1.807, 2.05) is 24.4 Å². The molecule has 0 spiro atoms. The SMILES string of the molecule is COc1ccc(-c2nccn2Br)c(Br)c1. The molecular weight excluding hydrogens is 324 g/mol. The minimum atomic E-state index is 0.818. The summed E-state index contributed by atoms with van der Waals surface area (Å²) in [4.78, 5) is 4.25. The maximum Gasteiger partial charge on any atom is 0.151 e. The minimum absolute atomic E-state index is 0.818. The Balaban J connectivity index is 2.50. The van der Waals surface area contributed by atoms with Crippen LogP contribution >= 0.6 is 32.1 Å². The van der Waals surface area contributed by atoms with Crippen LogP contribution in [0.4, 0.5) is 0 Å². The maximum atomic E-state index is 5.13. The van der Waals surface area contributed by atoms with Crippen molar-refractivity contribution in [3.05, 3.63) is 35.1 Å². The lowest BCUT2D eigenvalue weighted by Crippen LogP contribution is -1.89. The van der Waals surface area contributed by atoms with Gasteiger partial charge in [-0.05, 0) is 34.1 Å². The van der Waals surface area contributed by atoms with Gasteiger partial charge in [-0.1, -0.05) is 0 Å². The molecule has 0 amide bonds. The number of hydrogen-bond acceptors (Lipinski definition) is 2. The van der Waals surface area contributed by atoms with E-state index in [4.69, 9.17) is 4.74 Å². The van der Waals surface area contributed by atoms with Crippen molar-refractivity contribution in [3.63, 3.8) is 0 Å². The number of ether oxygens (including phenoxy) is 1. The van der Waals surface area contributed by atoms with E-state index in [9.17, 15) is 0 Å². The van der Waals surface area contributed by atoms with Crippen molar-refractivity contribution in [1.29, 1.82) is 0 Å². The van der Waals surface area contributed by atoms with Crippen LogP contribution < -0.4 is 4.74 Å². The van der Waals surface area contributed by atoms with E-state index in [1.165, 1.54) is 0 Å². The minimum Gasteiger partial charge on any atom is -0.497 e. The van der Waals surface area contributed by atoms with Gasteiger partial charge in [0, 0.05) is 22.4 Å². The number of benzene rings is 1. The summed E-state index contributed by atoms with van der Waals surface area (Å²) in [6.45, 7) is 0. The smallest absolute Gasteiger partial charge is 0.151 e. The molecule has 15 heavy (non-hydrogen) atoms.